The molecular formula is C21H20N2O4. The number of benzene rings is 2. The fourth-order valence-corrected chi connectivity index (χ4v) is 3.06. The van der Waals surface area contributed by atoms with Crippen molar-refractivity contribution in [1.29, 1.82) is 0 Å². The molecule has 1 N–H and O–H groups in total. The van der Waals surface area contributed by atoms with Crippen molar-refractivity contribution in [2.45, 2.75) is 19.1 Å². The summed E-state index contributed by atoms with van der Waals surface area (Å²) in [5.41, 5.74) is 2.62. The summed E-state index contributed by atoms with van der Waals surface area (Å²) in [6.45, 7) is 1.21. The van der Waals surface area contributed by atoms with E-state index in [-0.39, 0.29) is 24.3 Å². The minimum absolute atomic E-state index is 0.147. The highest BCUT2D eigenvalue weighted by molar-refractivity contribution is 5.91. The smallest absolute Gasteiger partial charge is 0.273 e. The average Bonchev–Trinajstić information content (AvgIpc) is 3.20. The van der Waals surface area contributed by atoms with E-state index >= 15 is 0 Å². The molecule has 1 atom stereocenters. The van der Waals surface area contributed by atoms with Gasteiger partial charge in [-0.05, 0) is 29.7 Å². The number of oxazole rings is 1. The first-order valence-corrected chi connectivity index (χ1v) is 8.89. The molecule has 0 unspecified atom stereocenters. The van der Waals surface area contributed by atoms with Gasteiger partial charge in [0.1, 0.15) is 18.1 Å². The van der Waals surface area contributed by atoms with E-state index in [9.17, 15) is 4.79 Å². The number of hydrogen-bond acceptors (Lipinski definition) is 5. The van der Waals surface area contributed by atoms with E-state index in [1.54, 1.807) is 0 Å². The summed E-state index contributed by atoms with van der Waals surface area (Å²) < 4.78 is 16.7. The Labute approximate surface area is 157 Å². The van der Waals surface area contributed by atoms with Gasteiger partial charge in [0.25, 0.3) is 5.91 Å². The van der Waals surface area contributed by atoms with Crippen LogP contribution in [0.15, 0.2) is 65.3 Å². The third kappa shape index (κ3) is 4.17. The lowest BCUT2D eigenvalue weighted by molar-refractivity contribution is 0.0411. The van der Waals surface area contributed by atoms with Crippen LogP contribution in [0, 0.1) is 0 Å². The lowest BCUT2D eigenvalue weighted by atomic mass is 9.97. The minimum atomic E-state index is -0.295. The van der Waals surface area contributed by atoms with E-state index in [0.717, 1.165) is 17.7 Å². The number of ether oxygens (including phenoxy) is 2. The van der Waals surface area contributed by atoms with E-state index < -0.39 is 0 Å². The maximum atomic E-state index is 12.4. The summed E-state index contributed by atoms with van der Waals surface area (Å²) in [4.78, 5) is 16.5. The van der Waals surface area contributed by atoms with E-state index in [2.05, 4.69) is 16.4 Å². The molecule has 6 heteroatoms. The van der Waals surface area contributed by atoms with Gasteiger partial charge in [0.15, 0.2) is 12.3 Å². The van der Waals surface area contributed by atoms with Crippen molar-refractivity contribution < 1.29 is 18.7 Å². The fraction of sp³-hybridized carbons (Fsp3) is 0.238. The molecule has 0 saturated heterocycles. The molecular weight excluding hydrogens is 344 g/mol. The van der Waals surface area contributed by atoms with Gasteiger partial charge in [-0.25, -0.2) is 4.98 Å². The normalized spacial score (nSPS) is 15.8. The fourth-order valence-electron chi connectivity index (χ4n) is 3.06. The first-order chi connectivity index (χ1) is 13.3. The van der Waals surface area contributed by atoms with Gasteiger partial charge < -0.3 is 19.2 Å². The molecule has 0 bridgehead atoms. The lowest BCUT2D eigenvalue weighted by Gasteiger charge is -2.26. The van der Waals surface area contributed by atoms with Crippen LogP contribution in [0.2, 0.25) is 0 Å². The SMILES string of the molecule is O=C(NC[C@@H]1OCCc2ccccc21)c1coc(COc2ccccc2)n1. The molecule has 1 aliphatic rings. The molecule has 0 radical (unpaired) electrons. The van der Waals surface area contributed by atoms with Gasteiger partial charge in [-0.15, -0.1) is 0 Å². The molecule has 2 heterocycles. The minimum Gasteiger partial charge on any atom is -0.484 e. The van der Waals surface area contributed by atoms with Gasteiger partial charge >= 0.3 is 0 Å². The molecule has 0 saturated carbocycles. The largest absolute Gasteiger partial charge is 0.484 e. The first kappa shape index (κ1) is 17.3. The zero-order valence-corrected chi connectivity index (χ0v) is 14.8. The van der Waals surface area contributed by atoms with Crippen molar-refractivity contribution >= 4 is 5.91 Å². The summed E-state index contributed by atoms with van der Waals surface area (Å²) in [5.74, 6) is 0.773. The van der Waals surface area contributed by atoms with Crippen LogP contribution >= 0.6 is 0 Å². The van der Waals surface area contributed by atoms with Crippen LogP contribution in [0.1, 0.15) is 33.6 Å². The van der Waals surface area contributed by atoms with Gasteiger partial charge in [0.05, 0.1) is 6.61 Å². The van der Waals surface area contributed by atoms with Crippen LogP contribution in [-0.4, -0.2) is 24.0 Å². The Hall–Kier alpha value is -3.12. The average molecular weight is 364 g/mol. The van der Waals surface area contributed by atoms with Crippen LogP contribution in [0.25, 0.3) is 0 Å². The maximum absolute atomic E-state index is 12.4. The monoisotopic (exact) mass is 364 g/mol. The highest BCUT2D eigenvalue weighted by Gasteiger charge is 2.22. The standard InChI is InChI=1S/C21H20N2O4/c24-21(22-12-19-17-9-5-4-6-15(17)10-11-25-19)18-13-27-20(23-18)14-26-16-7-2-1-3-8-16/h1-9,13,19H,10-12,14H2,(H,22,24)/t19-/m0/s1. The van der Waals surface area contributed by atoms with Crippen LogP contribution in [0.4, 0.5) is 0 Å². The Kier molecular flexibility index (Phi) is 5.16. The molecule has 138 valence electrons. The quantitative estimate of drug-likeness (QED) is 0.726. The molecule has 1 aliphatic heterocycles. The summed E-state index contributed by atoms with van der Waals surface area (Å²) in [7, 11) is 0. The molecule has 2 aromatic carbocycles. The number of rotatable bonds is 6. The molecule has 0 spiro atoms. The summed E-state index contributed by atoms with van der Waals surface area (Å²) >= 11 is 0. The molecule has 1 amide bonds. The topological polar surface area (TPSA) is 73.6 Å². The third-order valence-corrected chi connectivity index (χ3v) is 4.43. The van der Waals surface area contributed by atoms with Crippen molar-refractivity contribution in [3.8, 4) is 5.75 Å². The molecule has 0 aliphatic carbocycles. The third-order valence-electron chi connectivity index (χ3n) is 4.43. The van der Waals surface area contributed by atoms with Gasteiger partial charge in [0, 0.05) is 6.54 Å². The number of fused-ring (bicyclic) bond motifs is 1. The molecule has 27 heavy (non-hydrogen) atoms. The van der Waals surface area contributed by atoms with Crippen molar-refractivity contribution in [1.82, 2.24) is 10.3 Å². The summed E-state index contributed by atoms with van der Waals surface area (Å²) in [6.07, 6.45) is 2.09. The van der Waals surface area contributed by atoms with Crippen LogP contribution in [-0.2, 0) is 17.8 Å². The Bertz CT molecular complexity index is 907. The van der Waals surface area contributed by atoms with E-state index in [0.29, 0.717) is 19.0 Å². The molecule has 0 fully saturated rings. The predicted molar refractivity (Wildman–Crippen MR) is 98.4 cm³/mol. The van der Waals surface area contributed by atoms with E-state index in [1.165, 1.54) is 11.8 Å². The van der Waals surface area contributed by atoms with Crippen LogP contribution in [0.5, 0.6) is 5.75 Å². The van der Waals surface area contributed by atoms with Gasteiger partial charge in [-0.2, -0.15) is 0 Å². The van der Waals surface area contributed by atoms with Gasteiger partial charge in [-0.3, -0.25) is 4.79 Å². The number of para-hydroxylation sites is 1. The second kappa shape index (κ2) is 8.05. The first-order valence-electron chi connectivity index (χ1n) is 8.89. The van der Waals surface area contributed by atoms with E-state index in [1.807, 2.05) is 48.5 Å². The number of nitrogens with zero attached hydrogens (tertiary/aromatic N) is 1. The number of nitrogens with one attached hydrogen (secondary N) is 1. The van der Waals surface area contributed by atoms with Crippen molar-refractivity contribution in [2.24, 2.45) is 0 Å². The maximum Gasteiger partial charge on any atom is 0.273 e. The Morgan fingerprint density at radius 1 is 1.15 bits per heavy atom. The second-order valence-corrected chi connectivity index (χ2v) is 6.25. The molecule has 4 rings (SSSR count). The molecule has 6 nitrogen and oxygen atoms in total. The van der Waals surface area contributed by atoms with Crippen LogP contribution < -0.4 is 10.1 Å². The predicted octanol–water partition coefficient (Wildman–Crippen LogP) is 3.30. The van der Waals surface area contributed by atoms with Crippen molar-refractivity contribution in [3.63, 3.8) is 0 Å². The number of amides is 1. The summed E-state index contributed by atoms with van der Waals surface area (Å²) in [5, 5.41) is 2.87. The Morgan fingerprint density at radius 3 is 2.85 bits per heavy atom. The number of aromatic nitrogens is 1. The highest BCUT2D eigenvalue weighted by atomic mass is 16.5. The lowest BCUT2D eigenvalue weighted by Crippen LogP contribution is -2.32. The molecule has 3 aromatic rings. The molecule has 1 aromatic heterocycles. The van der Waals surface area contributed by atoms with E-state index in [4.69, 9.17) is 13.9 Å². The highest BCUT2D eigenvalue weighted by Crippen LogP contribution is 2.26. The van der Waals surface area contributed by atoms with Crippen molar-refractivity contribution in [2.75, 3.05) is 13.2 Å². The van der Waals surface area contributed by atoms with Gasteiger partial charge in [-0.1, -0.05) is 42.5 Å². The van der Waals surface area contributed by atoms with Gasteiger partial charge in [0.2, 0.25) is 5.89 Å². The number of carbonyl (C=O) groups excluding carboxylic acids is 1. The zero-order chi connectivity index (χ0) is 18.5. The Morgan fingerprint density at radius 2 is 1.96 bits per heavy atom. The van der Waals surface area contributed by atoms with Crippen molar-refractivity contribution in [3.05, 3.63) is 83.6 Å². The summed E-state index contributed by atoms with van der Waals surface area (Å²) in [6, 6.07) is 17.5. The zero-order valence-electron chi connectivity index (χ0n) is 14.8. The number of hydrogen-bond donors (Lipinski definition) is 1. The second-order valence-electron chi connectivity index (χ2n) is 6.25. The number of carbonyl (C=O) groups is 1. The van der Waals surface area contributed by atoms with Crippen LogP contribution in [0.3, 0.4) is 0 Å². The Balaban J connectivity index is 1.32.